The molecule has 0 bridgehead atoms. The Bertz CT molecular complexity index is 539. The van der Waals surface area contributed by atoms with Crippen LogP contribution in [0.2, 0.25) is 0 Å². The third-order valence-electron chi connectivity index (χ3n) is 2.87. The Balaban J connectivity index is 2.22. The lowest BCUT2D eigenvalue weighted by atomic mass is 9.88. The van der Waals surface area contributed by atoms with Gasteiger partial charge in [0, 0.05) is 18.3 Å². The quantitative estimate of drug-likeness (QED) is 0.687. The SMILES string of the molecule is Cc1cn(C/C=C2\CCC2O)c(=O)[nH]c1=O. The highest BCUT2D eigenvalue weighted by molar-refractivity contribution is 5.16. The van der Waals surface area contributed by atoms with E-state index in [9.17, 15) is 14.7 Å². The summed E-state index contributed by atoms with van der Waals surface area (Å²) in [6.07, 6.45) is 4.71. The van der Waals surface area contributed by atoms with E-state index in [-0.39, 0.29) is 11.7 Å². The zero-order valence-corrected chi connectivity index (χ0v) is 9.06. The van der Waals surface area contributed by atoms with Crippen LogP contribution in [0.15, 0.2) is 27.4 Å². The highest BCUT2D eigenvalue weighted by Crippen LogP contribution is 2.25. The normalized spacial score (nSPS) is 22.1. The number of nitrogens with zero attached hydrogens (tertiary/aromatic N) is 1. The van der Waals surface area contributed by atoms with E-state index in [1.807, 2.05) is 6.08 Å². The van der Waals surface area contributed by atoms with E-state index in [4.69, 9.17) is 0 Å². The predicted molar refractivity (Wildman–Crippen MR) is 59.4 cm³/mol. The maximum Gasteiger partial charge on any atom is 0.328 e. The molecule has 0 spiro atoms. The van der Waals surface area contributed by atoms with Crippen molar-refractivity contribution in [3.05, 3.63) is 44.2 Å². The zero-order chi connectivity index (χ0) is 11.7. The number of hydrogen-bond acceptors (Lipinski definition) is 3. The van der Waals surface area contributed by atoms with Crippen molar-refractivity contribution < 1.29 is 5.11 Å². The van der Waals surface area contributed by atoms with Crippen LogP contribution in [0, 0.1) is 6.92 Å². The average molecular weight is 222 g/mol. The molecular weight excluding hydrogens is 208 g/mol. The van der Waals surface area contributed by atoms with Crippen LogP contribution in [0.4, 0.5) is 0 Å². The summed E-state index contributed by atoms with van der Waals surface area (Å²) in [6.45, 7) is 2.04. The molecule has 1 aliphatic rings. The highest BCUT2D eigenvalue weighted by atomic mass is 16.3. The maximum absolute atomic E-state index is 11.4. The minimum absolute atomic E-state index is 0.348. The molecule has 2 rings (SSSR count). The number of rotatable bonds is 2. The van der Waals surface area contributed by atoms with Crippen molar-refractivity contribution in [1.29, 1.82) is 0 Å². The molecule has 1 saturated carbocycles. The number of aryl methyl sites for hydroxylation is 1. The van der Waals surface area contributed by atoms with Crippen LogP contribution in [-0.2, 0) is 6.54 Å². The van der Waals surface area contributed by atoms with Crippen molar-refractivity contribution in [2.75, 3.05) is 0 Å². The van der Waals surface area contributed by atoms with E-state index in [1.54, 1.807) is 6.92 Å². The molecule has 0 aliphatic heterocycles. The Morgan fingerprint density at radius 1 is 1.62 bits per heavy atom. The Kier molecular flexibility index (Phi) is 2.78. The standard InChI is InChI=1S/C11H14N2O3/c1-7-6-13(11(16)12-10(7)15)5-4-8-2-3-9(8)14/h4,6,9,14H,2-3,5H2,1H3,(H,12,15,16)/b8-4+. The summed E-state index contributed by atoms with van der Waals surface area (Å²) in [5.41, 5.74) is 0.710. The number of aromatic nitrogens is 2. The summed E-state index contributed by atoms with van der Waals surface area (Å²) in [7, 11) is 0. The topological polar surface area (TPSA) is 75.1 Å². The molecule has 1 aliphatic carbocycles. The number of allylic oxidation sites excluding steroid dienone is 1. The summed E-state index contributed by atoms with van der Waals surface area (Å²) >= 11 is 0. The van der Waals surface area contributed by atoms with Crippen molar-refractivity contribution in [2.24, 2.45) is 0 Å². The number of H-pyrrole nitrogens is 1. The largest absolute Gasteiger partial charge is 0.389 e. The summed E-state index contributed by atoms with van der Waals surface area (Å²) in [4.78, 5) is 24.8. The van der Waals surface area contributed by atoms with E-state index < -0.39 is 5.69 Å². The van der Waals surface area contributed by atoms with E-state index >= 15 is 0 Å². The summed E-state index contributed by atoms with van der Waals surface area (Å²) in [5.74, 6) is 0. The van der Waals surface area contributed by atoms with E-state index in [2.05, 4.69) is 4.98 Å². The fourth-order valence-corrected chi connectivity index (χ4v) is 1.65. The van der Waals surface area contributed by atoms with Gasteiger partial charge >= 0.3 is 5.69 Å². The molecule has 5 heteroatoms. The Labute approximate surface area is 92.1 Å². The van der Waals surface area contributed by atoms with Crippen molar-refractivity contribution in [1.82, 2.24) is 9.55 Å². The Morgan fingerprint density at radius 3 is 2.94 bits per heavy atom. The average Bonchev–Trinajstić information content (AvgIpc) is 2.23. The lowest BCUT2D eigenvalue weighted by Gasteiger charge is -2.24. The van der Waals surface area contributed by atoms with Crippen LogP contribution in [0.5, 0.6) is 0 Å². The van der Waals surface area contributed by atoms with E-state index in [0.29, 0.717) is 12.1 Å². The van der Waals surface area contributed by atoms with Crippen LogP contribution < -0.4 is 11.2 Å². The van der Waals surface area contributed by atoms with Gasteiger partial charge in [0.1, 0.15) is 0 Å². The fraction of sp³-hybridized carbons (Fsp3) is 0.455. The first-order valence-electron chi connectivity index (χ1n) is 5.25. The van der Waals surface area contributed by atoms with Crippen LogP contribution in [0.25, 0.3) is 0 Å². The smallest absolute Gasteiger partial charge is 0.328 e. The van der Waals surface area contributed by atoms with Crippen molar-refractivity contribution in [2.45, 2.75) is 32.4 Å². The molecule has 1 fully saturated rings. The Morgan fingerprint density at radius 2 is 2.38 bits per heavy atom. The molecule has 1 unspecified atom stereocenters. The van der Waals surface area contributed by atoms with Crippen molar-refractivity contribution in [3.63, 3.8) is 0 Å². The van der Waals surface area contributed by atoms with Crippen molar-refractivity contribution >= 4 is 0 Å². The maximum atomic E-state index is 11.4. The first-order chi connectivity index (χ1) is 7.58. The molecule has 0 aromatic carbocycles. The van der Waals surface area contributed by atoms with Crippen LogP contribution in [-0.4, -0.2) is 20.8 Å². The molecule has 1 atom stereocenters. The first kappa shape index (κ1) is 10.9. The minimum atomic E-state index is -0.415. The predicted octanol–water partition coefficient (Wildman–Crippen LogP) is -0.0739. The lowest BCUT2D eigenvalue weighted by Crippen LogP contribution is -2.31. The summed E-state index contributed by atoms with van der Waals surface area (Å²) in [5, 5.41) is 9.34. The molecule has 0 saturated heterocycles. The number of aromatic amines is 1. The van der Waals surface area contributed by atoms with Crippen molar-refractivity contribution in [3.8, 4) is 0 Å². The third-order valence-corrected chi connectivity index (χ3v) is 2.87. The van der Waals surface area contributed by atoms with E-state index in [0.717, 1.165) is 18.4 Å². The minimum Gasteiger partial charge on any atom is -0.389 e. The number of nitrogens with one attached hydrogen (secondary N) is 1. The summed E-state index contributed by atoms with van der Waals surface area (Å²) in [6, 6.07) is 0. The molecule has 1 heterocycles. The van der Waals surface area contributed by atoms with Crippen LogP contribution >= 0.6 is 0 Å². The zero-order valence-electron chi connectivity index (χ0n) is 9.06. The molecule has 1 aromatic heterocycles. The molecule has 1 aromatic rings. The third kappa shape index (κ3) is 1.99. The second kappa shape index (κ2) is 4.09. The molecule has 2 N–H and O–H groups in total. The Hall–Kier alpha value is -1.62. The van der Waals surface area contributed by atoms with Crippen LogP contribution in [0.3, 0.4) is 0 Å². The van der Waals surface area contributed by atoms with Gasteiger partial charge in [-0.25, -0.2) is 4.79 Å². The molecule has 0 radical (unpaired) electrons. The molecule has 86 valence electrons. The monoisotopic (exact) mass is 222 g/mol. The van der Waals surface area contributed by atoms with Gasteiger partial charge in [-0.05, 0) is 25.3 Å². The van der Waals surface area contributed by atoms with Gasteiger partial charge < -0.3 is 5.11 Å². The number of hydrogen-bond donors (Lipinski definition) is 2. The second-order valence-corrected chi connectivity index (χ2v) is 4.06. The second-order valence-electron chi connectivity index (χ2n) is 4.06. The fourth-order valence-electron chi connectivity index (χ4n) is 1.65. The van der Waals surface area contributed by atoms with Gasteiger partial charge in [-0.3, -0.25) is 14.3 Å². The van der Waals surface area contributed by atoms with Gasteiger partial charge in [0.2, 0.25) is 0 Å². The first-order valence-corrected chi connectivity index (χ1v) is 5.25. The molecule has 16 heavy (non-hydrogen) atoms. The van der Waals surface area contributed by atoms with Gasteiger partial charge in [-0.2, -0.15) is 0 Å². The van der Waals surface area contributed by atoms with Gasteiger partial charge in [0.25, 0.3) is 5.56 Å². The van der Waals surface area contributed by atoms with Gasteiger partial charge in [0.15, 0.2) is 0 Å². The van der Waals surface area contributed by atoms with E-state index in [1.165, 1.54) is 10.8 Å². The van der Waals surface area contributed by atoms with Gasteiger partial charge in [-0.1, -0.05) is 6.08 Å². The van der Waals surface area contributed by atoms with Gasteiger partial charge in [0.05, 0.1) is 6.10 Å². The molecule has 0 amide bonds. The summed E-state index contributed by atoms with van der Waals surface area (Å²) < 4.78 is 1.43. The molecule has 5 nitrogen and oxygen atoms in total. The number of aliphatic hydroxyl groups excluding tert-OH is 1. The molecular formula is C11H14N2O3. The highest BCUT2D eigenvalue weighted by Gasteiger charge is 2.20. The van der Waals surface area contributed by atoms with Gasteiger partial charge in [-0.15, -0.1) is 0 Å². The number of aliphatic hydroxyl groups is 1. The lowest BCUT2D eigenvalue weighted by molar-refractivity contribution is 0.156. The van der Waals surface area contributed by atoms with Crippen LogP contribution in [0.1, 0.15) is 18.4 Å².